The molecule has 0 aliphatic rings. The fraction of sp³-hybridized carbons (Fsp3) is 0.348. The van der Waals surface area contributed by atoms with Gasteiger partial charge >= 0.3 is 0 Å². The maximum Gasteiger partial charge on any atom is 0.255 e. The normalized spacial score (nSPS) is 10.3. The van der Waals surface area contributed by atoms with E-state index in [1.807, 2.05) is 31.2 Å². The van der Waals surface area contributed by atoms with Crippen molar-refractivity contribution in [1.29, 1.82) is 0 Å². The molecule has 0 heterocycles. The minimum atomic E-state index is -0.158. The fourth-order valence-electron chi connectivity index (χ4n) is 2.47. The number of rotatable bonds is 11. The molecule has 0 saturated carbocycles. The Labute approximate surface area is 162 Å². The Balaban J connectivity index is 1.81. The summed E-state index contributed by atoms with van der Waals surface area (Å²) in [7, 11) is 0. The molecule has 0 aliphatic heterocycles. The molecule has 2 aromatic carbocycles. The largest absolute Gasteiger partial charge is 0.494 e. The van der Waals surface area contributed by atoms with Gasteiger partial charge in [-0.3, -0.25) is 4.79 Å². The Bertz CT molecular complexity index is 720. The third-order valence-electron chi connectivity index (χ3n) is 3.98. The molecule has 2 rings (SSSR count). The van der Waals surface area contributed by atoms with Crippen LogP contribution in [0.15, 0.2) is 60.7 Å². The van der Waals surface area contributed by atoms with Crippen molar-refractivity contribution in [2.24, 2.45) is 0 Å². The van der Waals surface area contributed by atoms with Crippen LogP contribution in [0.25, 0.3) is 0 Å². The van der Waals surface area contributed by atoms with Crippen LogP contribution in [0.2, 0.25) is 0 Å². The molecule has 0 aliphatic carbocycles. The van der Waals surface area contributed by atoms with E-state index in [0.717, 1.165) is 35.8 Å². The van der Waals surface area contributed by atoms with Crippen molar-refractivity contribution >= 4 is 11.6 Å². The fourth-order valence-corrected chi connectivity index (χ4v) is 2.47. The quantitative estimate of drug-likeness (QED) is 0.400. The lowest BCUT2D eigenvalue weighted by Crippen LogP contribution is -2.11. The Kier molecular flexibility index (Phi) is 8.43. The van der Waals surface area contributed by atoms with Crippen LogP contribution in [0.5, 0.6) is 11.5 Å². The number of anilines is 1. The van der Waals surface area contributed by atoms with E-state index in [1.165, 1.54) is 19.3 Å². The van der Waals surface area contributed by atoms with E-state index >= 15 is 0 Å². The summed E-state index contributed by atoms with van der Waals surface area (Å²) in [4.78, 5) is 12.4. The molecule has 144 valence electrons. The van der Waals surface area contributed by atoms with E-state index in [4.69, 9.17) is 9.47 Å². The second kappa shape index (κ2) is 11.1. The number of hydrogen-bond donors (Lipinski definition) is 1. The predicted molar refractivity (Wildman–Crippen MR) is 111 cm³/mol. The minimum absolute atomic E-state index is 0.158. The van der Waals surface area contributed by atoms with E-state index in [9.17, 15) is 4.79 Å². The molecule has 0 saturated heterocycles. The van der Waals surface area contributed by atoms with Crippen LogP contribution >= 0.6 is 0 Å². The molecule has 0 aromatic heterocycles. The highest BCUT2D eigenvalue weighted by Gasteiger charge is 2.07. The molecule has 0 spiro atoms. The van der Waals surface area contributed by atoms with Gasteiger partial charge in [-0.05, 0) is 67.4 Å². The first-order valence-electron chi connectivity index (χ1n) is 9.50. The van der Waals surface area contributed by atoms with Gasteiger partial charge in [0.25, 0.3) is 5.91 Å². The van der Waals surface area contributed by atoms with Crippen LogP contribution in [-0.4, -0.2) is 19.1 Å². The molecule has 0 fully saturated rings. The zero-order valence-corrected chi connectivity index (χ0v) is 16.3. The van der Waals surface area contributed by atoms with E-state index in [-0.39, 0.29) is 5.91 Å². The van der Waals surface area contributed by atoms with E-state index in [2.05, 4.69) is 18.8 Å². The molecular weight excluding hydrogens is 338 g/mol. The van der Waals surface area contributed by atoms with Gasteiger partial charge in [0.05, 0.1) is 6.61 Å². The van der Waals surface area contributed by atoms with Crippen LogP contribution in [0.4, 0.5) is 5.69 Å². The van der Waals surface area contributed by atoms with Crippen LogP contribution < -0.4 is 14.8 Å². The number of amides is 1. The molecule has 0 atom stereocenters. The zero-order chi connectivity index (χ0) is 19.5. The number of ether oxygens (including phenoxy) is 2. The Morgan fingerprint density at radius 2 is 1.56 bits per heavy atom. The average molecular weight is 367 g/mol. The predicted octanol–water partition coefficient (Wildman–Crippen LogP) is 5.85. The van der Waals surface area contributed by atoms with Gasteiger partial charge in [-0.25, -0.2) is 0 Å². The lowest BCUT2D eigenvalue weighted by molar-refractivity contribution is 0.102. The van der Waals surface area contributed by atoms with Crippen molar-refractivity contribution in [2.75, 3.05) is 18.5 Å². The molecular formula is C23H29NO3. The second-order valence-corrected chi connectivity index (χ2v) is 6.66. The van der Waals surface area contributed by atoms with Crippen LogP contribution in [0.3, 0.4) is 0 Å². The summed E-state index contributed by atoms with van der Waals surface area (Å²) in [5, 5.41) is 2.89. The lowest BCUT2D eigenvalue weighted by Gasteiger charge is -2.09. The Morgan fingerprint density at radius 1 is 0.926 bits per heavy atom. The maximum absolute atomic E-state index is 12.4. The first-order chi connectivity index (χ1) is 13.1. The molecule has 0 bridgehead atoms. The smallest absolute Gasteiger partial charge is 0.255 e. The topological polar surface area (TPSA) is 47.6 Å². The summed E-state index contributed by atoms with van der Waals surface area (Å²) in [6.45, 7) is 9.10. The van der Waals surface area contributed by atoms with Gasteiger partial charge in [-0.1, -0.05) is 32.8 Å². The highest BCUT2D eigenvalue weighted by Crippen LogP contribution is 2.18. The average Bonchev–Trinajstić information content (AvgIpc) is 2.68. The van der Waals surface area contributed by atoms with Crippen LogP contribution in [0, 0.1) is 0 Å². The number of nitrogens with one attached hydrogen (secondary N) is 1. The maximum atomic E-state index is 12.4. The number of benzene rings is 2. The number of unbranched alkanes of at least 4 members (excludes halogenated alkanes) is 3. The van der Waals surface area contributed by atoms with Crippen molar-refractivity contribution in [1.82, 2.24) is 0 Å². The summed E-state index contributed by atoms with van der Waals surface area (Å²) in [5.74, 6) is 1.38. The third-order valence-corrected chi connectivity index (χ3v) is 3.98. The summed E-state index contributed by atoms with van der Waals surface area (Å²) in [5.41, 5.74) is 2.26. The van der Waals surface area contributed by atoms with Gasteiger partial charge in [0.15, 0.2) is 0 Å². The molecule has 27 heavy (non-hydrogen) atoms. The summed E-state index contributed by atoms with van der Waals surface area (Å²) >= 11 is 0. The van der Waals surface area contributed by atoms with Crippen molar-refractivity contribution in [2.45, 2.75) is 39.5 Å². The third kappa shape index (κ3) is 7.57. The second-order valence-electron chi connectivity index (χ2n) is 6.66. The van der Waals surface area contributed by atoms with Gasteiger partial charge in [0.1, 0.15) is 18.1 Å². The first kappa shape index (κ1) is 20.6. The van der Waals surface area contributed by atoms with E-state index in [0.29, 0.717) is 12.2 Å². The van der Waals surface area contributed by atoms with Crippen molar-refractivity contribution < 1.29 is 14.3 Å². The molecule has 1 amide bonds. The van der Waals surface area contributed by atoms with Crippen molar-refractivity contribution in [3.8, 4) is 11.5 Å². The molecule has 0 unspecified atom stereocenters. The zero-order valence-electron chi connectivity index (χ0n) is 16.3. The summed E-state index contributed by atoms with van der Waals surface area (Å²) in [6, 6.07) is 14.5. The number of hydrogen-bond acceptors (Lipinski definition) is 3. The Morgan fingerprint density at radius 3 is 2.19 bits per heavy atom. The highest BCUT2D eigenvalue weighted by atomic mass is 16.5. The van der Waals surface area contributed by atoms with Gasteiger partial charge in [0, 0.05) is 11.3 Å². The monoisotopic (exact) mass is 367 g/mol. The molecule has 0 radical (unpaired) electrons. The molecule has 1 N–H and O–H groups in total. The minimum Gasteiger partial charge on any atom is -0.494 e. The van der Waals surface area contributed by atoms with Gasteiger partial charge < -0.3 is 14.8 Å². The lowest BCUT2D eigenvalue weighted by atomic mass is 10.2. The standard InChI is InChI=1S/C23H29NO3/c1-4-5-6-7-16-26-21-14-10-20(11-15-21)24-23(25)19-8-12-22(13-9-19)27-17-18(2)3/h8-15H,2,4-7,16-17H2,1,3H3,(H,24,25). The number of carbonyl (C=O) groups is 1. The highest BCUT2D eigenvalue weighted by molar-refractivity contribution is 6.04. The molecule has 4 nitrogen and oxygen atoms in total. The van der Waals surface area contributed by atoms with E-state index < -0.39 is 0 Å². The Hall–Kier alpha value is -2.75. The summed E-state index contributed by atoms with van der Waals surface area (Å²) < 4.78 is 11.3. The molecule has 4 heteroatoms. The van der Waals surface area contributed by atoms with Crippen LogP contribution in [-0.2, 0) is 0 Å². The van der Waals surface area contributed by atoms with Gasteiger partial charge in [0.2, 0.25) is 0 Å². The van der Waals surface area contributed by atoms with Gasteiger partial charge in [-0.2, -0.15) is 0 Å². The van der Waals surface area contributed by atoms with Crippen LogP contribution in [0.1, 0.15) is 49.9 Å². The van der Waals surface area contributed by atoms with Gasteiger partial charge in [-0.15, -0.1) is 0 Å². The first-order valence-corrected chi connectivity index (χ1v) is 9.50. The van der Waals surface area contributed by atoms with Crippen molar-refractivity contribution in [3.05, 3.63) is 66.2 Å². The molecule has 2 aromatic rings. The van der Waals surface area contributed by atoms with Crippen molar-refractivity contribution in [3.63, 3.8) is 0 Å². The SMILES string of the molecule is C=C(C)COc1ccc(C(=O)Nc2ccc(OCCCCCC)cc2)cc1. The summed E-state index contributed by atoms with van der Waals surface area (Å²) in [6.07, 6.45) is 4.73. The van der Waals surface area contributed by atoms with E-state index in [1.54, 1.807) is 24.3 Å². The number of carbonyl (C=O) groups excluding carboxylic acids is 1.